The zero-order valence-corrected chi connectivity index (χ0v) is 25.1. The number of aromatic nitrogens is 3. The van der Waals surface area contributed by atoms with Crippen LogP contribution in [0.4, 0.5) is 20.3 Å². The summed E-state index contributed by atoms with van der Waals surface area (Å²) in [5.74, 6) is -2.18. The molecule has 44 heavy (non-hydrogen) atoms. The van der Waals surface area contributed by atoms with E-state index in [-0.39, 0.29) is 46.3 Å². The van der Waals surface area contributed by atoms with E-state index in [1.54, 1.807) is 38.1 Å². The number of hydrogen-bond donors (Lipinski definition) is 3. The molecule has 2 aromatic carbocycles. The monoisotopic (exact) mass is 614 g/mol. The minimum atomic E-state index is -0.722. The summed E-state index contributed by atoms with van der Waals surface area (Å²) >= 11 is 1.13. The van der Waals surface area contributed by atoms with Crippen molar-refractivity contribution in [2.75, 3.05) is 11.1 Å². The standard InChI is InChI=1S/C32H28F2N6O3S/c1-5-6-25(41)40-19-8-9-20(22(33)14-19)28-26(27-29(44-28)21(15-37-30(27)35)31(42)38-16(2)3)18-7-10-24(23(34)13-18)43-32-36-12-11-17(4)39-32/h5-16H,1-4H3,(H2,35,37)(H,38,42)(H,40,41). The molecule has 3 aromatic heterocycles. The summed E-state index contributed by atoms with van der Waals surface area (Å²) in [7, 11) is 0. The van der Waals surface area contributed by atoms with Gasteiger partial charge in [-0.3, -0.25) is 9.59 Å². The lowest BCUT2D eigenvalue weighted by molar-refractivity contribution is -0.111. The van der Waals surface area contributed by atoms with Crippen LogP contribution in [0.5, 0.6) is 11.8 Å². The number of carbonyl (C=O) groups is 2. The quantitative estimate of drug-likeness (QED) is 0.160. The number of rotatable bonds is 8. The molecular weight excluding hydrogens is 586 g/mol. The number of ether oxygens (including phenoxy) is 1. The molecule has 2 amide bonds. The van der Waals surface area contributed by atoms with Gasteiger partial charge in [-0.25, -0.2) is 23.7 Å². The number of anilines is 2. The van der Waals surface area contributed by atoms with Crippen LogP contribution < -0.4 is 21.1 Å². The van der Waals surface area contributed by atoms with Gasteiger partial charge in [-0.1, -0.05) is 12.1 Å². The van der Waals surface area contributed by atoms with E-state index in [0.717, 1.165) is 11.3 Å². The number of nitrogen functional groups attached to an aromatic ring is 1. The number of pyridine rings is 1. The molecule has 0 saturated carbocycles. The van der Waals surface area contributed by atoms with E-state index in [1.807, 2.05) is 13.8 Å². The largest absolute Gasteiger partial charge is 0.421 e. The molecule has 3 heterocycles. The third-order valence-electron chi connectivity index (χ3n) is 6.40. The van der Waals surface area contributed by atoms with Crippen LogP contribution in [0.2, 0.25) is 0 Å². The van der Waals surface area contributed by atoms with Gasteiger partial charge in [-0.15, -0.1) is 11.3 Å². The molecule has 224 valence electrons. The summed E-state index contributed by atoms with van der Waals surface area (Å²) in [6.07, 6.45) is 5.76. The minimum absolute atomic E-state index is 0.0174. The fourth-order valence-electron chi connectivity index (χ4n) is 4.51. The number of benzene rings is 2. The number of nitrogens with one attached hydrogen (secondary N) is 2. The zero-order chi connectivity index (χ0) is 31.5. The van der Waals surface area contributed by atoms with Crippen molar-refractivity contribution in [2.24, 2.45) is 0 Å². The van der Waals surface area contributed by atoms with Gasteiger partial charge >= 0.3 is 6.01 Å². The van der Waals surface area contributed by atoms with Gasteiger partial charge in [0.15, 0.2) is 11.6 Å². The van der Waals surface area contributed by atoms with E-state index < -0.39 is 17.5 Å². The maximum atomic E-state index is 15.7. The maximum Gasteiger partial charge on any atom is 0.322 e. The SMILES string of the molecule is CC=CC(=O)Nc1ccc(-c2sc3c(C(=O)NC(C)C)cnc(N)c3c2-c2ccc(Oc3nccc(C)n3)c(F)c2)c(F)c1. The topological polar surface area (TPSA) is 132 Å². The number of carbonyl (C=O) groups excluding carboxylic acids is 2. The lowest BCUT2D eigenvalue weighted by Gasteiger charge is -2.12. The fourth-order valence-corrected chi connectivity index (χ4v) is 5.88. The van der Waals surface area contributed by atoms with E-state index in [9.17, 15) is 9.59 Å². The third-order valence-corrected chi connectivity index (χ3v) is 7.66. The van der Waals surface area contributed by atoms with E-state index in [2.05, 4.69) is 25.6 Å². The molecule has 4 N–H and O–H groups in total. The second-order valence-corrected chi connectivity index (χ2v) is 11.1. The van der Waals surface area contributed by atoms with Crippen molar-refractivity contribution in [1.82, 2.24) is 20.3 Å². The van der Waals surface area contributed by atoms with Crippen LogP contribution in [0, 0.1) is 18.6 Å². The van der Waals surface area contributed by atoms with Gasteiger partial charge in [0.2, 0.25) is 5.91 Å². The van der Waals surface area contributed by atoms with Gasteiger partial charge in [0, 0.05) is 51.2 Å². The first-order valence-corrected chi connectivity index (χ1v) is 14.4. The van der Waals surface area contributed by atoms with Crippen molar-refractivity contribution in [3.63, 3.8) is 0 Å². The second kappa shape index (κ2) is 12.6. The highest BCUT2D eigenvalue weighted by Gasteiger charge is 2.26. The molecule has 0 radical (unpaired) electrons. The van der Waals surface area contributed by atoms with Crippen molar-refractivity contribution in [3.8, 4) is 33.3 Å². The Bertz CT molecular complexity index is 1940. The lowest BCUT2D eigenvalue weighted by atomic mass is 9.97. The molecule has 0 aliphatic rings. The van der Waals surface area contributed by atoms with Crippen molar-refractivity contribution >= 4 is 44.7 Å². The summed E-state index contributed by atoms with van der Waals surface area (Å²) < 4.78 is 37.3. The van der Waals surface area contributed by atoms with Crippen LogP contribution in [0.25, 0.3) is 31.7 Å². The Morgan fingerprint density at radius 1 is 1.07 bits per heavy atom. The maximum absolute atomic E-state index is 15.7. The van der Waals surface area contributed by atoms with Crippen molar-refractivity contribution < 1.29 is 23.1 Å². The average molecular weight is 615 g/mol. The summed E-state index contributed by atoms with van der Waals surface area (Å²) in [4.78, 5) is 38.0. The first-order chi connectivity index (χ1) is 21.0. The van der Waals surface area contributed by atoms with Gasteiger partial charge in [0.25, 0.3) is 5.91 Å². The molecule has 0 unspecified atom stereocenters. The molecule has 5 aromatic rings. The molecule has 0 fully saturated rings. The van der Waals surface area contributed by atoms with Crippen molar-refractivity contribution in [2.45, 2.75) is 33.7 Å². The smallest absolute Gasteiger partial charge is 0.322 e. The zero-order valence-electron chi connectivity index (χ0n) is 24.2. The Balaban J connectivity index is 1.69. The predicted molar refractivity (Wildman–Crippen MR) is 168 cm³/mol. The molecule has 0 aliphatic heterocycles. The van der Waals surface area contributed by atoms with Gasteiger partial charge in [-0.2, -0.15) is 0 Å². The Morgan fingerprint density at radius 2 is 1.86 bits per heavy atom. The number of fused-ring (bicyclic) bond motifs is 1. The molecule has 0 saturated heterocycles. The number of amides is 2. The van der Waals surface area contributed by atoms with Crippen molar-refractivity contribution in [3.05, 3.63) is 89.9 Å². The second-order valence-electron chi connectivity index (χ2n) is 10.1. The fraction of sp³-hybridized carbons (Fsp3) is 0.156. The highest BCUT2D eigenvalue weighted by atomic mass is 32.1. The summed E-state index contributed by atoms with van der Waals surface area (Å²) in [5, 5.41) is 5.83. The molecule has 0 spiro atoms. The van der Waals surface area contributed by atoms with Crippen LogP contribution in [0.15, 0.2) is 67.0 Å². The Morgan fingerprint density at radius 3 is 2.55 bits per heavy atom. The first-order valence-electron chi connectivity index (χ1n) is 13.6. The molecule has 0 bridgehead atoms. The van der Waals surface area contributed by atoms with Crippen LogP contribution in [-0.4, -0.2) is 32.8 Å². The van der Waals surface area contributed by atoms with Gasteiger partial charge in [0.1, 0.15) is 11.6 Å². The molecule has 5 rings (SSSR count). The number of thiophene rings is 1. The molecule has 0 aliphatic carbocycles. The van der Waals surface area contributed by atoms with E-state index in [1.165, 1.54) is 42.7 Å². The van der Waals surface area contributed by atoms with Gasteiger partial charge in [-0.05, 0) is 75.7 Å². The molecule has 12 heteroatoms. The third kappa shape index (κ3) is 6.25. The number of nitrogens with zero attached hydrogens (tertiary/aromatic N) is 3. The molecule has 0 atom stereocenters. The normalized spacial score (nSPS) is 11.3. The van der Waals surface area contributed by atoms with Crippen LogP contribution >= 0.6 is 11.3 Å². The predicted octanol–water partition coefficient (Wildman–Crippen LogP) is 7.03. The van der Waals surface area contributed by atoms with E-state index in [4.69, 9.17) is 10.5 Å². The Kier molecular flexibility index (Phi) is 8.63. The number of halogens is 2. The Hall–Kier alpha value is -5.23. The summed E-state index contributed by atoms with van der Waals surface area (Å²) in [6, 6.07) is 10.0. The highest BCUT2D eigenvalue weighted by molar-refractivity contribution is 7.23. The van der Waals surface area contributed by atoms with Crippen molar-refractivity contribution in [1.29, 1.82) is 0 Å². The van der Waals surface area contributed by atoms with Crippen LogP contribution in [0.1, 0.15) is 36.8 Å². The lowest BCUT2D eigenvalue weighted by Crippen LogP contribution is -2.30. The first kappa shape index (κ1) is 30.2. The van der Waals surface area contributed by atoms with E-state index in [0.29, 0.717) is 31.8 Å². The number of allylic oxidation sites excluding steroid dienone is 1. The van der Waals surface area contributed by atoms with Crippen LogP contribution in [0.3, 0.4) is 0 Å². The van der Waals surface area contributed by atoms with Crippen LogP contribution in [-0.2, 0) is 4.79 Å². The molecular formula is C32H28F2N6O3S. The Labute approximate surface area is 255 Å². The summed E-state index contributed by atoms with van der Waals surface area (Å²) in [6.45, 7) is 7.10. The van der Waals surface area contributed by atoms with Gasteiger partial charge < -0.3 is 21.1 Å². The number of hydrogen-bond acceptors (Lipinski definition) is 8. The van der Waals surface area contributed by atoms with E-state index >= 15 is 8.78 Å². The number of aryl methyl sites for hydroxylation is 1. The highest BCUT2D eigenvalue weighted by Crippen LogP contribution is 2.49. The molecule has 9 nitrogen and oxygen atoms in total. The summed E-state index contributed by atoms with van der Waals surface area (Å²) in [5.41, 5.74) is 8.41. The average Bonchev–Trinajstić information content (AvgIpc) is 3.35. The van der Waals surface area contributed by atoms with Gasteiger partial charge in [0.05, 0.1) is 10.3 Å². The minimum Gasteiger partial charge on any atom is -0.421 e. The number of nitrogens with two attached hydrogens (primary N) is 1.